The number of carbonyl (C=O) groups excluding carboxylic acids is 1. The highest BCUT2D eigenvalue weighted by molar-refractivity contribution is 7.89. The molecule has 4 aromatic rings. The maximum atomic E-state index is 13.5. The molecule has 208 valence electrons. The van der Waals surface area contributed by atoms with Crippen molar-refractivity contribution in [2.45, 2.75) is 23.9 Å². The second kappa shape index (κ2) is 12.8. The van der Waals surface area contributed by atoms with E-state index in [0.29, 0.717) is 23.9 Å². The van der Waals surface area contributed by atoms with Gasteiger partial charge in [0.1, 0.15) is 5.76 Å². The van der Waals surface area contributed by atoms with Crippen LogP contribution in [0, 0.1) is 0 Å². The molecule has 0 N–H and O–H groups in total. The molecule has 1 aliphatic heterocycles. The van der Waals surface area contributed by atoms with E-state index in [1.54, 1.807) is 24.3 Å². The second-order valence-electron chi connectivity index (χ2n) is 9.76. The van der Waals surface area contributed by atoms with Crippen molar-refractivity contribution < 1.29 is 17.6 Å². The van der Waals surface area contributed by atoms with E-state index in [-0.39, 0.29) is 36.4 Å². The predicted molar refractivity (Wildman–Crippen MR) is 155 cm³/mol. The number of amides is 1. The Morgan fingerprint density at radius 1 is 0.825 bits per heavy atom. The van der Waals surface area contributed by atoms with E-state index < -0.39 is 10.0 Å². The summed E-state index contributed by atoms with van der Waals surface area (Å²) >= 11 is 5.97. The lowest BCUT2D eigenvalue weighted by atomic mass is 9.96. The van der Waals surface area contributed by atoms with E-state index in [2.05, 4.69) is 53.4 Å². The van der Waals surface area contributed by atoms with Crippen LogP contribution in [-0.2, 0) is 21.4 Å². The van der Waals surface area contributed by atoms with Gasteiger partial charge >= 0.3 is 0 Å². The van der Waals surface area contributed by atoms with Crippen LogP contribution >= 0.6 is 11.6 Å². The number of rotatable bonds is 10. The van der Waals surface area contributed by atoms with E-state index in [4.69, 9.17) is 16.0 Å². The summed E-state index contributed by atoms with van der Waals surface area (Å²) in [5.41, 5.74) is 2.43. The Morgan fingerprint density at radius 3 is 1.98 bits per heavy atom. The minimum atomic E-state index is -3.87. The number of nitrogens with zero attached hydrogens (tertiary/aromatic N) is 3. The molecule has 0 spiro atoms. The summed E-state index contributed by atoms with van der Waals surface area (Å²) in [5, 5.41) is 0.452. The Labute approximate surface area is 240 Å². The Kier molecular flexibility index (Phi) is 9.01. The summed E-state index contributed by atoms with van der Waals surface area (Å²) in [5.74, 6) is 0.442. The fraction of sp³-hybridized carbons (Fsp3) is 0.258. The third-order valence-electron chi connectivity index (χ3n) is 7.20. The van der Waals surface area contributed by atoms with Gasteiger partial charge in [0.2, 0.25) is 15.9 Å². The highest BCUT2D eigenvalue weighted by Crippen LogP contribution is 2.29. The summed E-state index contributed by atoms with van der Waals surface area (Å²) in [4.78, 5) is 17.6. The summed E-state index contributed by atoms with van der Waals surface area (Å²) in [6.07, 6.45) is 1.58. The fourth-order valence-electron chi connectivity index (χ4n) is 5.11. The first-order valence-corrected chi connectivity index (χ1v) is 15.1. The van der Waals surface area contributed by atoms with Crippen molar-refractivity contribution in [1.82, 2.24) is 14.1 Å². The van der Waals surface area contributed by atoms with Gasteiger partial charge in [-0.3, -0.25) is 9.69 Å². The first-order valence-electron chi connectivity index (χ1n) is 13.3. The Morgan fingerprint density at radius 2 is 1.43 bits per heavy atom. The van der Waals surface area contributed by atoms with Crippen LogP contribution in [0.1, 0.15) is 29.3 Å². The van der Waals surface area contributed by atoms with Gasteiger partial charge in [-0.1, -0.05) is 72.3 Å². The average molecular weight is 578 g/mol. The topological polar surface area (TPSA) is 74.1 Å². The van der Waals surface area contributed by atoms with Crippen molar-refractivity contribution in [3.63, 3.8) is 0 Å². The maximum Gasteiger partial charge on any atom is 0.243 e. The molecule has 0 bridgehead atoms. The molecule has 0 unspecified atom stereocenters. The Balaban J connectivity index is 1.25. The number of carbonyl (C=O) groups is 1. The molecule has 7 nitrogen and oxygen atoms in total. The molecule has 1 saturated heterocycles. The maximum absolute atomic E-state index is 13.5. The van der Waals surface area contributed by atoms with Crippen LogP contribution in [0.4, 0.5) is 0 Å². The van der Waals surface area contributed by atoms with Gasteiger partial charge in [0.05, 0.1) is 23.7 Å². The van der Waals surface area contributed by atoms with E-state index >= 15 is 0 Å². The van der Waals surface area contributed by atoms with E-state index in [1.165, 1.54) is 33.8 Å². The lowest BCUT2D eigenvalue weighted by Gasteiger charge is -2.40. The van der Waals surface area contributed by atoms with Gasteiger partial charge in [-0.15, -0.1) is 0 Å². The lowest BCUT2D eigenvalue weighted by molar-refractivity contribution is -0.133. The van der Waals surface area contributed by atoms with Crippen LogP contribution in [0.15, 0.2) is 113 Å². The number of piperazine rings is 1. The molecule has 2 heterocycles. The SMILES string of the molecule is O=C(CCN(Cc1ccco1)S(=O)(=O)c1ccc(Cl)cc1)N1CCN(C(c2ccccc2)c2ccccc2)CC1. The van der Waals surface area contributed by atoms with Gasteiger partial charge in [0.15, 0.2) is 0 Å². The molecule has 40 heavy (non-hydrogen) atoms. The summed E-state index contributed by atoms with van der Waals surface area (Å²) in [6.45, 7) is 2.68. The van der Waals surface area contributed by atoms with Crippen LogP contribution in [0.5, 0.6) is 0 Å². The highest BCUT2D eigenvalue weighted by atomic mass is 35.5. The molecule has 1 amide bonds. The molecule has 9 heteroatoms. The molecule has 1 fully saturated rings. The zero-order valence-electron chi connectivity index (χ0n) is 22.1. The van der Waals surface area contributed by atoms with E-state index in [0.717, 1.165) is 13.1 Å². The van der Waals surface area contributed by atoms with Gasteiger partial charge < -0.3 is 9.32 Å². The van der Waals surface area contributed by atoms with E-state index in [1.807, 2.05) is 17.0 Å². The highest BCUT2D eigenvalue weighted by Gasteiger charge is 2.30. The fourth-order valence-corrected chi connectivity index (χ4v) is 6.64. The van der Waals surface area contributed by atoms with Gasteiger partial charge in [0, 0.05) is 44.2 Å². The molecule has 0 radical (unpaired) electrons. The lowest BCUT2D eigenvalue weighted by Crippen LogP contribution is -2.50. The minimum Gasteiger partial charge on any atom is -0.468 e. The first kappa shape index (κ1) is 28.1. The third kappa shape index (κ3) is 6.64. The van der Waals surface area contributed by atoms with Crippen LogP contribution in [0.25, 0.3) is 0 Å². The number of furan rings is 1. The second-order valence-corrected chi connectivity index (χ2v) is 12.1. The van der Waals surface area contributed by atoms with Crippen molar-refractivity contribution in [2.24, 2.45) is 0 Å². The zero-order chi connectivity index (χ0) is 28.0. The molecule has 3 aromatic carbocycles. The van der Waals surface area contributed by atoms with E-state index in [9.17, 15) is 13.2 Å². The summed E-state index contributed by atoms with van der Waals surface area (Å²) < 4.78 is 33.6. The van der Waals surface area contributed by atoms with Gasteiger partial charge in [-0.25, -0.2) is 8.42 Å². The largest absolute Gasteiger partial charge is 0.468 e. The third-order valence-corrected chi connectivity index (χ3v) is 9.31. The van der Waals surface area contributed by atoms with Crippen LogP contribution in [-0.4, -0.2) is 61.2 Å². The molecule has 0 aliphatic carbocycles. The molecule has 5 rings (SSSR count). The Bertz CT molecular complexity index is 1430. The zero-order valence-corrected chi connectivity index (χ0v) is 23.7. The van der Waals surface area contributed by atoms with Crippen molar-refractivity contribution in [3.8, 4) is 0 Å². The number of benzene rings is 3. The van der Waals surface area contributed by atoms with Crippen molar-refractivity contribution in [1.29, 1.82) is 0 Å². The number of hydrogen-bond acceptors (Lipinski definition) is 5. The molecular weight excluding hydrogens is 546 g/mol. The molecule has 0 atom stereocenters. The Hall–Kier alpha value is -3.43. The monoisotopic (exact) mass is 577 g/mol. The molecule has 0 saturated carbocycles. The van der Waals surface area contributed by atoms with Gasteiger partial charge in [-0.05, 0) is 47.5 Å². The van der Waals surface area contributed by atoms with Crippen molar-refractivity contribution >= 4 is 27.5 Å². The predicted octanol–water partition coefficient (Wildman–Crippen LogP) is 5.45. The normalized spacial score (nSPS) is 14.6. The molecule has 1 aliphatic rings. The molecular formula is C31H32ClN3O4S. The van der Waals surface area contributed by atoms with Crippen molar-refractivity contribution in [2.75, 3.05) is 32.7 Å². The summed E-state index contributed by atoms with van der Waals surface area (Å²) in [7, 11) is -3.87. The standard InChI is InChI=1S/C31H32ClN3O4S/c32-27-13-15-29(16-14-27)40(37,38)35(24-28-12-7-23-39-28)18-17-30(36)33-19-21-34(22-20-33)31(25-8-3-1-4-9-25)26-10-5-2-6-11-26/h1-16,23,31H,17-22,24H2. The first-order chi connectivity index (χ1) is 19.4. The minimum absolute atomic E-state index is 0.0366. The van der Waals surface area contributed by atoms with Crippen LogP contribution in [0.2, 0.25) is 5.02 Å². The number of hydrogen-bond donors (Lipinski definition) is 0. The van der Waals surface area contributed by atoms with Crippen LogP contribution < -0.4 is 0 Å². The smallest absolute Gasteiger partial charge is 0.243 e. The van der Waals surface area contributed by atoms with Gasteiger partial charge in [-0.2, -0.15) is 4.31 Å². The van der Waals surface area contributed by atoms with Crippen LogP contribution in [0.3, 0.4) is 0 Å². The van der Waals surface area contributed by atoms with Crippen molar-refractivity contribution in [3.05, 3.63) is 125 Å². The quantitative estimate of drug-likeness (QED) is 0.251. The average Bonchev–Trinajstić information content (AvgIpc) is 3.50. The summed E-state index contributed by atoms with van der Waals surface area (Å²) in [6, 6.07) is 30.4. The number of sulfonamides is 1. The van der Waals surface area contributed by atoms with Gasteiger partial charge in [0.25, 0.3) is 0 Å². The number of halogens is 1. The molecule has 1 aromatic heterocycles.